The van der Waals surface area contributed by atoms with Gasteiger partial charge in [0.15, 0.2) is 5.76 Å². The number of fused-ring (bicyclic) bond motifs is 1. The lowest BCUT2D eigenvalue weighted by atomic mass is 10.1. The number of hydrogen-bond acceptors (Lipinski definition) is 4. The van der Waals surface area contributed by atoms with Crippen molar-refractivity contribution in [3.05, 3.63) is 83.6 Å². The number of rotatable bonds is 9. The number of para-hydroxylation sites is 2. The van der Waals surface area contributed by atoms with Gasteiger partial charge in [-0.05, 0) is 74.2 Å². The van der Waals surface area contributed by atoms with Crippen LogP contribution in [0, 0.1) is 13.8 Å². The van der Waals surface area contributed by atoms with Crippen LogP contribution in [0.15, 0.2) is 65.3 Å². The van der Waals surface area contributed by atoms with Crippen LogP contribution in [0.1, 0.15) is 40.3 Å². The molecule has 6 nitrogen and oxygen atoms in total. The predicted molar refractivity (Wildman–Crippen MR) is 120 cm³/mol. The van der Waals surface area contributed by atoms with Crippen LogP contribution < -0.4 is 10.1 Å². The van der Waals surface area contributed by atoms with Crippen molar-refractivity contribution in [2.45, 2.75) is 39.8 Å². The summed E-state index contributed by atoms with van der Waals surface area (Å²) < 4.78 is 13.3. The highest BCUT2D eigenvalue weighted by atomic mass is 16.5. The second kappa shape index (κ2) is 9.51. The van der Waals surface area contributed by atoms with Crippen LogP contribution in [0.4, 0.5) is 0 Å². The Kier molecular flexibility index (Phi) is 6.36. The molecule has 6 heteroatoms. The van der Waals surface area contributed by atoms with E-state index in [9.17, 15) is 4.79 Å². The number of imidazole rings is 1. The molecule has 0 bridgehead atoms. The molecule has 0 radical (unpaired) electrons. The van der Waals surface area contributed by atoms with Gasteiger partial charge in [0, 0.05) is 6.54 Å². The van der Waals surface area contributed by atoms with Crippen LogP contribution >= 0.6 is 0 Å². The van der Waals surface area contributed by atoms with Crippen molar-refractivity contribution in [2.24, 2.45) is 0 Å². The number of carbonyl (C=O) groups is 1. The minimum absolute atomic E-state index is 0.245. The maximum atomic E-state index is 12.2. The van der Waals surface area contributed by atoms with Gasteiger partial charge in [-0.1, -0.05) is 18.2 Å². The first-order chi connectivity index (χ1) is 15.1. The number of nitrogens with one attached hydrogen (secondary N) is 1. The molecule has 0 aliphatic carbocycles. The number of hydrogen-bond donors (Lipinski definition) is 1. The Bertz CT molecular complexity index is 1140. The molecule has 1 N–H and O–H groups in total. The third-order valence-corrected chi connectivity index (χ3v) is 5.13. The van der Waals surface area contributed by atoms with E-state index in [1.165, 1.54) is 17.4 Å². The lowest BCUT2D eigenvalue weighted by Crippen LogP contribution is -2.24. The highest BCUT2D eigenvalue weighted by Gasteiger charge is 2.13. The van der Waals surface area contributed by atoms with Crippen LogP contribution in [0.25, 0.3) is 11.0 Å². The fraction of sp³-hybridized carbons (Fsp3) is 0.280. The summed E-state index contributed by atoms with van der Waals surface area (Å²) in [5.74, 6) is 1.81. The molecular formula is C25H27N3O3. The summed E-state index contributed by atoms with van der Waals surface area (Å²) in [5, 5.41) is 2.90. The molecule has 0 unspecified atom stereocenters. The molecule has 31 heavy (non-hydrogen) atoms. The molecule has 0 saturated heterocycles. The van der Waals surface area contributed by atoms with Gasteiger partial charge in [0.2, 0.25) is 0 Å². The molecule has 160 valence electrons. The summed E-state index contributed by atoms with van der Waals surface area (Å²) >= 11 is 0. The Hall–Kier alpha value is -3.54. The van der Waals surface area contributed by atoms with Gasteiger partial charge in [-0.3, -0.25) is 4.79 Å². The molecule has 1 amide bonds. The molecule has 2 heterocycles. The first kappa shape index (κ1) is 20.7. The molecule has 0 spiro atoms. The van der Waals surface area contributed by atoms with Gasteiger partial charge in [0.05, 0.1) is 30.4 Å². The summed E-state index contributed by atoms with van der Waals surface area (Å²) in [4.78, 5) is 16.9. The number of furan rings is 1. The van der Waals surface area contributed by atoms with Crippen LogP contribution in [0.2, 0.25) is 0 Å². The van der Waals surface area contributed by atoms with E-state index in [1.54, 1.807) is 12.1 Å². The Morgan fingerprint density at radius 2 is 1.87 bits per heavy atom. The first-order valence-electron chi connectivity index (χ1n) is 10.6. The zero-order chi connectivity index (χ0) is 21.6. The minimum Gasteiger partial charge on any atom is -0.494 e. The van der Waals surface area contributed by atoms with Gasteiger partial charge in [-0.15, -0.1) is 0 Å². The van der Waals surface area contributed by atoms with Crippen LogP contribution in [-0.2, 0) is 13.1 Å². The van der Waals surface area contributed by atoms with Crippen LogP contribution in [-0.4, -0.2) is 22.1 Å². The number of ether oxygens (including phenoxy) is 1. The van der Waals surface area contributed by atoms with Crippen LogP contribution in [0.3, 0.4) is 0 Å². The minimum atomic E-state index is -0.245. The molecule has 2 aromatic heterocycles. The average Bonchev–Trinajstić information content (AvgIpc) is 3.39. The Morgan fingerprint density at radius 1 is 1.06 bits per heavy atom. The van der Waals surface area contributed by atoms with Gasteiger partial charge < -0.3 is 19.0 Å². The third kappa shape index (κ3) is 5.15. The van der Waals surface area contributed by atoms with Gasteiger partial charge in [0.1, 0.15) is 11.6 Å². The fourth-order valence-corrected chi connectivity index (χ4v) is 3.74. The normalized spacial score (nSPS) is 11.0. The number of aromatic nitrogens is 2. The molecule has 0 saturated carbocycles. The molecule has 0 aliphatic heterocycles. The summed E-state index contributed by atoms with van der Waals surface area (Å²) in [6.45, 7) is 5.97. The van der Waals surface area contributed by atoms with E-state index in [-0.39, 0.29) is 5.91 Å². The molecule has 4 aromatic rings. The van der Waals surface area contributed by atoms with Gasteiger partial charge in [0.25, 0.3) is 5.91 Å². The maximum absolute atomic E-state index is 12.2. The van der Waals surface area contributed by atoms with Gasteiger partial charge in [-0.2, -0.15) is 0 Å². The van der Waals surface area contributed by atoms with Crippen molar-refractivity contribution in [2.75, 3.05) is 6.61 Å². The number of aryl methyl sites for hydroxylation is 3. The second-order valence-corrected chi connectivity index (χ2v) is 7.71. The lowest BCUT2D eigenvalue weighted by molar-refractivity contribution is 0.0921. The van der Waals surface area contributed by atoms with E-state index < -0.39 is 0 Å². The molecule has 0 aliphatic rings. The quantitative estimate of drug-likeness (QED) is 0.388. The summed E-state index contributed by atoms with van der Waals surface area (Å²) in [5.41, 5.74) is 4.42. The fourth-order valence-electron chi connectivity index (χ4n) is 3.74. The second-order valence-electron chi connectivity index (χ2n) is 7.71. The van der Waals surface area contributed by atoms with E-state index in [2.05, 4.69) is 48.0 Å². The SMILES string of the molecule is Cc1cc(C)cc(OCCCCn2c(CNC(=O)c3ccco3)nc3ccccc32)c1. The van der Waals surface area contributed by atoms with Crippen molar-refractivity contribution < 1.29 is 13.9 Å². The molecule has 2 aromatic carbocycles. The zero-order valence-corrected chi connectivity index (χ0v) is 17.9. The van der Waals surface area contributed by atoms with Crippen molar-refractivity contribution in [3.63, 3.8) is 0 Å². The molecular weight excluding hydrogens is 390 g/mol. The van der Waals surface area contributed by atoms with Gasteiger partial charge >= 0.3 is 0 Å². The largest absolute Gasteiger partial charge is 0.494 e. The van der Waals surface area contributed by atoms with Crippen molar-refractivity contribution in [1.82, 2.24) is 14.9 Å². The highest BCUT2D eigenvalue weighted by Crippen LogP contribution is 2.19. The molecule has 4 rings (SSSR count). The van der Waals surface area contributed by atoms with Crippen molar-refractivity contribution in [1.29, 1.82) is 0 Å². The van der Waals surface area contributed by atoms with E-state index in [1.807, 2.05) is 18.2 Å². The summed E-state index contributed by atoms with van der Waals surface area (Å²) in [6, 6.07) is 17.7. The highest BCUT2D eigenvalue weighted by molar-refractivity contribution is 5.91. The van der Waals surface area contributed by atoms with E-state index in [0.29, 0.717) is 18.9 Å². The van der Waals surface area contributed by atoms with Gasteiger partial charge in [-0.25, -0.2) is 4.98 Å². The van der Waals surface area contributed by atoms with E-state index in [0.717, 1.165) is 42.0 Å². The Morgan fingerprint density at radius 3 is 2.65 bits per heavy atom. The summed E-state index contributed by atoms with van der Waals surface area (Å²) in [7, 11) is 0. The average molecular weight is 418 g/mol. The summed E-state index contributed by atoms with van der Waals surface area (Å²) in [6.07, 6.45) is 3.37. The first-order valence-corrected chi connectivity index (χ1v) is 10.6. The number of unbranched alkanes of at least 4 members (excludes halogenated alkanes) is 1. The number of nitrogens with zero attached hydrogens (tertiary/aromatic N) is 2. The maximum Gasteiger partial charge on any atom is 0.287 e. The topological polar surface area (TPSA) is 69.3 Å². The monoisotopic (exact) mass is 417 g/mol. The lowest BCUT2D eigenvalue weighted by Gasteiger charge is -2.11. The Balaban J connectivity index is 1.37. The third-order valence-electron chi connectivity index (χ3n) is 5.13. The van der Waals surface area contributed by atoms with Crippen molar-refractivity contribution >= 4 is 16.9 Å². The number of carbonyl (C=O) groups excluding carboxylic acids is 1. The smallest absolute Gasteiger partial charge is 0.287 e. The number of benzene rings is 2. The molecule has 0 atom stereocenters. The predicted octanol–water partition coefficient (Wildman–Crippen LogP) is 5.04. The standard InChI is InChI=1S/C25H27N3O3/c1-18-14-19(2)16-20(15-18)30-12-6-5-11-28-22-9-4-3-8-21(22)27-24(28)17-26-25(29)23-10-7-13-31-23/h3-4,7-10,13-16H,5-6,11-12,17H2,1-2H3,(H,26,29). The van der Waals surface area contributed by atoms with E-state index in [4.69, 9.17) is 14.1 Å². The molecule has 0 fully saturated rings. The van der Waals surface area contributed by atoms with E-state index >= 15 is 0 Å². The Labute approximate surface area is 181 Å². The van der Waals surface area contributed by atoms with Crippen molar-refractivity contribution in [3.8, 4) is 5.75 Å². The number of amides is 1. The van der Waals surface area contributed by atoms with Crippen LogP contribution in [0.5, 0.6) is 5.75 Å². The zero-order valence-electron chi connectivity index (χ0n) is 17.9.